The number of carbonyl (C=O) groups is 2. The van der Waals surface area contributed by atoms with E-state index < -0.39 is 0 Å². The second-order valence-electron chi connectivity index (χ2n) is 3.81. The van der Waals surface area contributed by atoms with Crippen molar-refractivity contribution in [3.63, 3.8) is 0 Å². The van der Waals surface area contributed by atoms with Crippen molar-refractivity contribution in [1.82, 2.24) is 10.2 Å². The molecule has 2 unspecified atom stereocenters. The van der Waals surface area contributed by atoms with Gasteiger partial charge in [0.25, 0.3) is 0 Å². The van der Waals surface area contributed by atoms with Crippen molar-refractivity contribution in [1.29, 1.82) is 0 Å². The van der Waals surface area contributed by atoms with Gasteiger partial charge < -0.3 is 15.0 Å². The predicted octanol–water partition coefficient (Wildman–Crippen LogP) is 0.483. The summed E-state index contributed by atoms with van der Waals surface area (Å²) in [4.78, 5) is 23.4. The zero-order valence-electron chi connectivity index (χ0n) is 8.12. The first kappa shape index (κ1) is 10.0. The van der Waals surface area contributed by atoms with Gasteiger partial charge in [0.05, 0.1) is 0 Å². The van der Waals surface area contributed by atoms with Crippen LogP contribution in [-0.2, 0) is 4.79 Å². The van der Waals surface area contributed by atoms with Gasteiger partial charge in [0.1, 0.15) is 6.29 Å². The fourth-order valence-electron chi connectivity index (χ4n) is 1.45. The summed E-state index contributed by atoms with van der Waals surface area (Å²) in [7, 11) is 0. The van der Waals surface area contributed by atoms with Crippen LogP contribution in [0.25, 0.3) is 0 Å². The number of nitrogens with zero attached hydrogens (tertiary/aromatic N) is 1. The summed E-state index contributed by atoms with van der Waals surface area (Å²) < 4.78 is 0. The molecule has 2 atom stereocenters. The molecule has 0 aromatic heterocycles. The Hall–Kier alpha value is -1.06. The van der Waals surface area contributed by atoms with Gasteiger partial charge >= 0.3 is 6.03 Å². The average molecular weight is 184 g/mol. The molecule has 1 aliphatic heterocycles. The molecule has 1 rings (SSSR count). The van der Waals surface area contributed by atoms with Gasteiger partial charge in [-0.15, -0.1) is 0 Å². The first-order chi connectivity index (χ1) is 6.13. The van der Waals surface area contributed by atoms with Crippen molar-refractivity contribution < 1.29 is 9.59 Å². The number of rotatable bonds is 3. The summed E-state index contributed by atoms with van der Waals surface area (Å²) >= 11 is 0. The van der Waals surface area contributed by atoms with E-state index in [4.69, 9.17) is 0 Å². The summed E-state index contributed by atoms with van der Waals surface area (Å²) in [6, 6.07) is -0.0493. The molecule has 1 N–H and O–H groups in total. The molecular weight excluding hydrogens is 168 g/mol. The van der Waals surface area contributed by atoms with Crippen LogP contribution in [0.15, 0.2) is 0 Å². The average Bonchev–Trinajstić information content (AvgIpc) is 2.11. The Morgan fingerprint density at radius 3 is 3.08 bits per heavy atom. The molecule has 0 aromatic carbocycles. The summed E-state index contributed by atoms with van der Waals surface area (Å²) in [5, 5.41) is 2.78. The third-order valence-corrected chi connectivity index (χ3v) is 2.16. The molecule has 0 bridgehead atoms. The van der Waals surface area contributed by atoms with Crippen molar-refractivity contribution in [3.8, 4) is 0 Å². The third-order valence-electron chi connectivity index (χ3n) is 2.16. The quantitative estimate of drug-likeness (QED) is 0.649. The highest BCUT2D eigenvalue weighted by Gasteiger charge is 2.23. The highest BCUT2D eigenvalue weighted by molar-refractivity contribution is 5.75. The van der Waals surface area contributed by atoms with Crippen molar-refractivity contribution in [2.45, 2.75) is 13.8 Å². The van der Waals surface area contributed by atoms with Crippen LogP contribution in [0.3, 0.4) is 0 Å². The van der Waals surface area contributed by atoms with Crippen LogP contribution in [-0.4, -0.2) is 36.9 Å². The summed E-state index contributed by atoms with van der Waals surface area (Å²) in [6.07, 6.45) is 0.882. The smallest absolute Gasteiger partial charge is 0.317 e. The molecule has 0 aromatic rings. The summed E-state index contributed by atoms with van der Waals surface area (Å²) in [6.45, 7) is 5.92. The number of amides is 2. The van der Waals surface area contributed by atoms with E-state index in [9.17, 15) is 9.59 Å². The molecule has 74 valence electrons. The number of nitrogens with one attached hydrogen (secondary N) is 1. The maximum absolute atomic E-state index is 11.3. The van der Waals surface area contributed by atoms with E-state index in [0.29, 0.717) is 12.5 Å². The first-order valence-corrected chi connectivity index (χ1v) is 4.61. The molecule has 1 fully saturated rings. The van der Waals surface area contributed by atoms with Gasteiger partial charge in [-0.1, -0.05) is 13.8 Å². The van der Waals surface area contributed by atoms with E-state index in [1.165, 1.54) is 0 Å². The number of urea groups is 1. The molecular formula is C9H16N2O2. The van der Waals surface area contributed by atoms with Gasteiger partial charge in [-0.05, 0) is 5.92 Å². The van der Waals surface area contributed by atoms with Gasteiger partial charge in [-0.2, -0.15) is 0 Å². The van der Waals surface area contributed by atoms with Gasteiger partial charge in [-0.3, -0.25) is 0 Å². The molecule has 4 heteroatoms. The Kier molecular flexibility index (Phi) is 3.28. The number of hydrogen-bond donors (Lipinski definition) is 1. The highest BCUT2D eigenvalue weighted by atomic mass is 16.2. The molecule has 1 aliphatic rings. The third kappa shape index (κ3) is 2.72. The lowest BCUT2D eigenvalue weighted by atomic mass is 10.1. The Labute approximate surface area is 78.3 Å². The second kappa shape index (κ2) is 4.25. The zero-order chi connectivity index (χ0) is 9.84. The zero-order valence-corrected chi connectivity index (χ0v) is 8.12. The minimum Gasteiger partial charge on any atom is -0.338 e. The Balaban J connectivity index is 2.46. The molecule has 0 aliphatic carbocycles. The Bertz CT molecular complexity index is 206. The van der Waals surface area contributed by atoms with Crippen molar-refractivity contribution in [3.05, 3.63) is 0 Å². The molecule has 2 amide bonds. The van der Waals surface area contributed by atoms with Crippen LogP contribution in [0.5, 0.6) is 0 Å². The van der Waals surface area contributed by atoms with Crippen LogP contribution in [0.1, 0.15) is 13.8 Å². The molecule has 4 nitrogen and oxygen atoms in total. The first-order valence-electron chi connectivity index (χ1n) is 4.61. The predicted molar refractivity (Wildman–Crippen MR) is 49.4 cm³/mol. The van der Waals surface area contributed by atoms with Gasteiger partial charge in [-0.25, -0.2) is 4.79 Å². The Morgan fingerprint density at radius 2 is 2.46 bits per heavy atom. The number of hydrogen-bond acceptors (Lipinski definition) is 2. The standard InChI is InChI=1S/C9H16N2O2/c1-7-3-10-9(13)11(4-7)5-8(2)6-12/h6-8H,3-5H2,1-2H3,(H,10,13). The summed E-state index contributed by atoms with van der Waals surface area (Å²) in [5.41, 5.74) is 0. The van der Waals surface area contributed by atoms with E-state index in [1.54, 1.807) is 4.90 Å². The minimum absolute atomic E-state index is 0.0493. The minimum atomic E-state index is -0.0731. The number of aldehydes is 1. The molecule has 1 saturated heterocycles. The van der Waals surface area contributed by atoms with E-state index in [-0.39, 0.29) is 11.9 Å². The van der Waals surface area contributed by atoms with Gasteiger partial charge in [0.15, 0.2) is 0 Å². The van der Waals surface area contributed by atoms with Gasteiger partial charge in [0, 0.05) is 25.6 Å². The molecule has 13 heavy (non-hydrogen) atoms. The normalized spacial score (nSPS) is 25.2. The Morgan fingerprint density at radius 1 is 1.77 bits per heavy atom. The summed E-state index contributed by atoms with van der Waals surface area (Å²) in [5.74, 6) is 0.396. The maximum Gasteiger partial charge on any atom is 0.317 e. The fraction of sp³-hybridized carbons (Fsp3) is 0.778. The van der Waals surface area contributed by atoms with Crippen molar-refractivity contribution in [2.24, 2.45) is 11.8 Å². The number of carbonyl (C=O) groups excluding carboxylic acids is 2. The molecule has 0 spiro atoms. The fourth-order valence-corrected chi connectivity index (χ4v) is 1.45. The molecule has 1 heterocycles. The van der Waals surface area contributed by atoms with Crippen LogP contribution in [0.2, 0.25) is 0 Å². The lowest BCUT2D eigenvalue weighted by molar-refractivity contribution is -0.111. The second-order valence-corrected chi connectivity index (χ2v) is 3.81. The lowest BCUT2D eigenvalue weighted by Gasteiger charge is -2.32. The molecule has 0 saturated carbocycles. The van der Waals surface area contributed by atoms with E-state index in [1.807, 2.05) is 6.92 Å². The largest absolute Gasteiger partial charge is 0.338 e. The van der Waals surface area contributed by atoms with Crippen molar-refractivity contribution >= 4 is 12.3 Å². The monoisotopic (exact) mass is 184 g/mol. The van der Waals surface area contributed by atoms with E-state index in [0.717, 1.165) is 19.4 Å². The van der Waals surface area contributed by atoms with Crippen LogP contribution < -0.4 is 5.32 Å². The lowest BCUT2D eigenvalue weighted by Crippen LogP contribution is -2.51. The van der Waals surface area contributed by atoms with Crippen LogP contribution in [0, 0.1) is 11.8 Å². The van der Waals surface area contributed by atoms with Crippen LogP contribution in [0.4, 0.5) is 4.79 Å². The maximum atomic E-state index is 11.3. The van der Waals surface area contributed by atoms with Crippen LogP contribution >= 0.6 is 0 Å². The topological polar surface area (TPSA) is 49.4 Å². The van der Waals surface area contributed by atoms with E-state index in [2.05, 4.69) is 12.2 Å². The SMILES string of the molecule is CC(C=O)CN1CC(C)CNC1=O. The highest BCUT2D eigenvalue weighted by Crippen LogP contribution is 2.07. The molecule has 0 radical (unpaired) electrons. The van der Waals surface area contributed by atoms with Gasteiger partial charge in [0.2, 0.25) is 0 Å². The van der Waals surface area contributed by atoms with E-state index >= 15 is 0 Å². The van der Waals surface area contributed by atoms with Crippen molar-refractivity contribution in [2.75, 3.05) is 19.6 Å².